The predicted octanol–water partition coefficient (Wildman–Crippen LogP) is 4.24. The summed E-state index contributed by atoms with van der Waals surface area (Å²) in [5.41, 5.74) is 3.56. The molecule has 2 nitrogen and oxygen atoms in total. The van der Waals surface area contributed by atoms with Gasteiger partial charge < -0.3 is 5.32 Å². The molecule has 3 aliphatic rings. The van der Waals surface area contributed by atoms with Crippen molar-refractivity contribution in [2.45, 2.75) is 64.0 Å². The number of nitrogens with zero attached hydrogens (tertiary/aromatic N) is 1. The summed E-state index contributed by atoms with van der Waals surface area (Å²) in [6.07, 6.45) is 6.94. The van der Waals surface area contributed by atoms with E-state index in [0.29, 0.717) is 17.4 Å². The molecule has 21 heavy (non-hydrogen) atoms. The van der Waals surface area contributed by atoms with Crippen molar-refractivity contribution in [1.29, 1.82) is 0 Å². The molecule has 2 heterocycles. The van der Waals surface area contributed by atoms with Crippen LogP contribution in [-0.4, -0.2) is 30.1 Å². The highest BCUT2D eigenvalue weighted by molar-refractivity contribution is 5.60. The molecule has 4 rings (SSSR count). The molecular weight excluding hydrogens is 256 g/mol. The summed E-state index contributed by atoms with van der Waals surface area (Å²) in [5, 5.41) is 3.83. The Kier molecular flexibility index (Phi) is 3.25. The van der Waals surface area contributed by atoms with Gasteiger partial charge in [0.1, 0.15) is 0 Å². The quantitative estimate of drug-likeness (QED) is 0.874. The molecule has 2 aliphatic heterocycles. The summed E-state index contributed by atoms with van der Waals surface area (Å²) in [5.74, 6) is 0.704. The first kappa shape index (κ1) is 13.6. The van der Waals surface area contributed by atoms with Crippen molar-refractivity contribution in [2.75, 3.05) is 18.4 Å². The van der Waals surface area contributed by atoms with Crippen LogP contribution in [0.4, 0.5) is 5.69 Å². The summed E-state index contributed by atoms with van der Waals surface area (Å²) in [4.78, 5) is 2.80. The molecule has 1 aliphatic carbocycles. The summed E-state index contributed by atoms with van der Waals surface area (Å²) in [6, 6.07) is 10.5. The topological polar surface area (TPSA) is 15.3 Å². The third-order valence-corrected chi connectivity index (χ3v) is 6.64. The Morgan fingerprint density at radius 3 is 2.90 bits per heavy atom. The number of nitrogens with one attached hydrogen (secondary N) is 1. The van der Waals surface area contributed by atoms with Crippen molar-refractivity contribution in [3.05, 3.63) is 29.8 Å². The molecule has 0 amide bonds. The molecule has 1 saturated heterocycles. The average molecular weight is 284 g/mol. The molecule has 1 saturated carbocycles. The van der Waals surface area contributed by atoms with E-state index in [-0.39, 0.29) is 0 Å². The lowest BCUT2D eigenvalue weighted by Crippen LogP contribution is -2.59. The van der Waals surface area contributed by atoms with E-state index in [1.807, 2.05) is 0 Å². The molecule has 0 bridgehead atoms. The SMILES string of the molecule is CCN1CCC[C@]2(CC)CCC3Nc4ccccc4C3C12. The summed E-state index contributed by atoms with van der Waals surface area (Å²) >= 11 is 0. The maximum absolute atomic E-state index is 3.83. The van der Waals surface area contributed by atoms with Crippen molar-refractivity contribution in [2.24, 2.45) is 5.41 Å². The fourth-order valence-corrected chi connectivity index (χ4v) is 5.62. The van der Waals surface area contributed by atoms with Gasteiger partial charge in [0.2, 0.25) is 0 Å². The Hall–Kier alpha value is -1.02. The van der Waals surface area contributed by atoms with Crippen LogP contribution < -0.4 is 5.32 Å². The first-order chi connectivity index (χ1) is 10.3. The molecule has 0 radical (unpaired) electrons. The first-order valence-electron chi connectivity index (χ1n) is 8.88. The Balaban J connectivity index is 1.79. The molecule has 1 aromatic rings. The van der Waals surface area contributed by atoms with E-state index in [2.05, 4.69) is 48.3 Å². The number of hydrogen-bond acceptors (Lipinski definition) is 2. The lowest BCUT2D eigenvalue weighted by atomic mass is 9.58. The van der Waals surface area contributed by atoms with Gasteiger partial charge in [0.15, 0.2) is 0 Å². The smallest absolute Gasteiger partial charge is 0.0379 e. The van der Waals surface area contributed by atoms with Gasteiger partial charge in [0.25, 0.3) is 0 Å². The van der Waals surface area contributed by atoms with Crippen LogP contribution >= 0.6 is 0 Å². The zero-order valence-electron chi connectivity index (χ0n) is 13.4. The van der Waals surface area contributed by atoms with Gasteiger partial charge >= 0.3 is 0 Å². The van der Waals surface area contributed by atoms with Gasteiger partial charge in [0.05, 0.1) is 0 Å². The van der Waals surface area contributed by atoms with Gasteiger partial charge in [-0.1, -0.05) is 32.0 Å². The minimum atomic E-state index is 0.564. The molecular formula is C19H28N2. The zero-order valence-corrected chi connectivity index (χ0v) is 13.4. The lowest BCUT2D eigenvalue weighted by Gasteiger charge is -2.56. The molecule has 1 N–H and O–H groups in total. The molecule has 3 unspecified atom stereocenters. The molecule has 2 heteroatoms. The zero-order chi connectivity index (χ0) is 14.4. The molecule has 0 spiro atoms. The van der Waals surface area contributed by atoms with Crippen LogP contribution in [0.5, 0.6) is 0 Å². The van der Waals surface area contributed by atoms with Crippen LogP contribution in [0.15, 0.2) is 24.3 Å². The maximum atomic E-state index is 3.83. The Morgan fingerprint density at radius 1 is 1.24 bits per heavy atom. The van der Waals surface area contributed by atoms with Gasteiger partial charge in [-0.15, -0.1) is 0 Å². The highest BCUT2D eigenvalue weighted by Gasteiger charge is 2.54. The standard InChI is InChI=1S/C19H28N2/c1-3-19-11-7-13-21(4-2)18(19)17-14-8-5-6-9-15(14)20-16(17)10-12-19/h5-6,8-9,16-18,20H,3-4,7,10-13H2,1-2H3/t16?,17?,18?,19-/m1/s1. The highest BCUT2D eigenvalue weighted by atomic mass is 15.2. The van der Waals surface area contributed by atoms with E-state index in [1.54, 1.807) is 5.56 Å². The Morgan fingerprint density at radius 2 is 2.10 bits per heavy atom. The molecule has 1 aromatic carbocycles. The number of para-hydroxylation sites is 1. The van der Waals surface area contributed by atoms with Crippen LogP contribution in [0, 0.1) is 5.41 Å². The first-order valence-corrected chi connectivity index (χ1v) is 8.88. The van der Waals surface area contributed by atoms with Gasteiger partial charge in [-0.3, -0.25) is 4.90 Å². The van der Waals surface area contributed by atoms with Gasteiger partial charge in [-0.05, 0) is 62.2 Å². The number of anilines is 1. The van der Waals surface area contributed by atoms with E-state index in [9.17, 15) is 0 Å². The number of benzene rings is 1. The van der Waals surface area contributed by atoms with E-state index < -0.39 is 0 Å². The van der Waals surface area contributed by atoms with Crippen LogP contribution in [0.1, 0.15) is 57.4 Å². The summed E-state index contributed by atoms with van der Waals surface area (Å²) in [7, 11) is 0. The van der Waals surface area contributed by atoms with Crippen molar-refractivity contribution in [3.8, 4) is 0 Å². The molecule has 4 atom stereocenters. The number of likely N-dealkylation sites (N-methyl/N-ethyl adjacent to an activating group) is 1. The van der Waals surface area contributed by atoms with E-state index >= 15 is 0 Å². The number of piperidine rings is 1. The fraction of sp³-hybridized carbons (Fsp3) is 0.684. The fourth-order valence-electron chi connectivity index (χ4n) is 5.62. The highest BCUT2D eigenvalue weighted by Crippen LogP contribution is 2.56. The third kappa shape index (κ3) is 1.88. The van der Waals surface area contributed by atoms with Gasteiger partial charge in [0, 0.05) is 23.7 Å². The van der Waals surface area contributed by atoms with E-state index in [0.717, 1.165) is 6.04 Å². The number of fused-ring (bicyclic) bond motifs is 5. The maximum Gasteiger partial charge on any atom is 0.0379 e. The lowest BCUT2D eigenvalue weighted by molar-refractivity contribution is -0.0341. The van der Waals surface area contributed by atoms with Crippen LogP contribution in [-0.2, 0) is 0 Å². The van der Waals surface area contributed by atoms with E-state index in [4.69, 9.17) is 0 Å². The number of likely N-dealkylation sites (tertiary alicyclic amines) is 1. The van der Waals surface area contributed by atoms with Crippen molar-refractivity contribution in [1.82, 2.24) is 4.90 Å². The van der Waals surface area contributed by atoms with Crippen molar-refractivity contribution >= 4 is 5.69 Å². The minimum Gasteiger partial charge on any atom is -0.381 e. The second kappa shape index (κ2) is 5.01. The van der Waals surface area contributed by atoms with Gasteiger partial charge in [-0.25, -0.2) is 0 Å². The largest absolute Gasteiger partial charge is 0.381 e. The van der Waals surface area contributed by atoms with E-state index in [1.165, 1.54) is 50.9 Å². The number of rotatable bonds is 2. The number of hydrogen-bond donors (Lipinski definition) is 1. The molecule has 2 fully saturated rings. The minimum absolute atomic E-state index is 0.564. The Labute approximate surface area is 128 Å². The third-order valence-electron chi connectivity index (χ3n) is 6.64. The average Bonchev–Trinajstić information content (AvgIpc) is 2.92. The normalized spacial score (nSPS) is 38.3. The Bertz CT molecular complexity index is 526. The van der Waals surface area contributed by atoms with Crippen molar-refractivity contribution in [3.63, 3.8) is 0 Å². The van der Waals surface area contributed by atoms with Crippen LogP contribution in [0.2, 0.25) is 0 Å². The predicted molar refractivity (Wildman–Crippen MR) is 88.8 cm³/mol. The summed E-state index contributed by atoms with van der Waals surface area (Å²) < 4.78 is 0. The second-order valence-electron chi connectivity index (χ2n) is 7.30. The van der Waals surface area contributed by atoms with Gasteiger partial charge in [-0.2, -0.15) is 0 Å². The monoisotopic (exact) mass is 284 g/mol. The molecule has 0 aromatic heterocycles. The molecule has 114 valence electrons. The summed E-state index contributed by atoms with van der Waals surface area (Å²) in [6.45, 7) is 7.29. The second-order valence-corrected chi connectivity index (χ2v) is 7.30. The van der Waals surface area contributed by atoms with Crippen LogP contribution in [0.3, 0.4) is 0 Å². The van der Waals surface area contributed by atoms with Crippen LogP contribution in [0.25, 0.3) is 0 Å². The van der Waals surface area contributed by atoms with Crippen molar-refractivity contribution < 1.29 is 0 Å².